The molecule has 4 rings (SSSR count). The summed E-state index contributed by atoms with van der Waals surface area (Å²) in [6, 6.07) is 8.70. The molecule has 2 aliphatic rings. The predicted molar refractivity (Wildman–Crippen MR) is 120 cm³/mol. The van der Waals surface area contributed by atoms with Gasteiger partial charge in [0, 0.05) is 23.9 Å². The largest absolute Gasteiger partial charge is 0.381 e. The average molecular weight is 441 g/mol. The minimum atomic E-state index is -0.966. The van der Waals surface area contributed by atoms with E-state index in [0.717, 1.165) is 24.9 Å². The number of nitrogens with zero attached hydrogens (tertiary/aromatic N) is 3. The van der Waals surface area contributed by atoms with Crippen LogP contribution < -0.4 is 10.2 Å². The summed E-state index contributed by atoms with van der Waals surface area (Å²) in [5.41, 5.74) is 1.28. The number of benzene rings is 1. The number of carbonyl (C=O) groups excluding carboxylic acids is 2. The maximum Gasteiger partial charge on any atom is 0.259 e. The number of nitrogens with one attached hydrogen (secondary N) is 1. The topological polar surface area (TPSA) is 83.9 Å². The summed E-state index contributed by atoms with van der Waals surface area (Å²) in [4.78, 5) is 37.5. The molecule has 1 fully saturated rings. The molecule has 2 aromatic rings. The van der Waals surface area contributed by atoms with Gasteiger partial charge in [-0.2, -0.15) is 0 Å². The van der Waals surface area contributed by atoms with E-state index in [2.05, 4.69) is 15.5 Å². The lowest BCUT2D eigenvalue weighted by Crippen LogP contribution is -2.49. The maximum atomic E-state index is 13.6. The quantitative estimate of drug-likeness (QED) is 0.786. The highest BCUT2D eigenvalue weighted by Crippen LogP contribution is 2.27. The Labute approximate surface area is 186 Å². The summed E-state index contributed by atoms with van der Waals surface area (Å²) in [5, 5.41) is 7.83. The molecule has 0 radical (unpaired) electrons. The van der Waals surface area contributed by atoms with Crippen molar-refractivity contribution in [2.24, 2.45) is 5.16 Å². The van der Waals surface area contributed by atoms with E-state index in [-0.39, 0.29) is 23.4 Å². The molecular weight excluding hydrogens is 416 g/mol. The first kappa shape index (κ1) is 21.5. The summed E-state index contributed by atoms with van der Waals surface area (Å²) in [7, 11) is 0. The Kier molecular flexibility index (Phi) is 5.81. The Balaban J connectivity index is 1.65. The van der Waals surface area contributed by atoms with Gasteiger partial charge >= 0.3 is 0 Å². The second-order valence-corrected chi connectivity index (χ2v) is 8.85. The molecule has 31 heavy (non-hydrogen) atoms. The highest BCUT2D eigenvalue weighted by Gasteiger charge is 2.40. The van der Waals surface area contributed by atoms with Gasteiger partial charge in [0.05, 0.1) is 11.1 Å². The molecule has 1 aromatic carbocycles. The summed E-state index contributed by atoms with van der Waals surface area (Å²) in [5.74, 6) is 0.287. The summed E-state index contributed by atoms with van der Waals surface area (Å²) in [6.07, 6.45) is 3.44. The van der Waals surface area contributed by atoms with Crippen molar-refractivity contribution in [2.75, 3.05) is 18.0 Å². The van der Waals surface area contributed by atoms with Crippen LogP contribution in [0.2, 0.25) is 5.02 Å². The van der Waals surface area contributed by atoms with Crippen molar-refractivity contribution in [3.05, 3.63) is 58.2 Å². The van der Waals surface area contributed by atoms with Gasteiger partial charge in [0.1, 0.15) is 5.82 Å². The Bertz CT molecular complexity index is 1040. The molecule has 162 valence electrons. The van der Waals surface area contributed by atoms with Gasteiger partial charge in [-0.3, -0.25) is 14.5 Å². The van der Waals surface area contributed by atoms with Gasteiger partial charge in [-0.05, 0) is 63.9 Å². The van der Waals surface area contributed by atoms with E-state index < -0.39 is 5.60 Å². The first-order valence-corrected chi connectivity index (χ1v) is 10.7. The zero-order chi connectivity index (χ0) is 22.2. The fourth-order valence-corrected chi connectivity index (χ4v) is 4.11. The lowest BCUT2D eigenvalue weighted by Gasteiger charge is -2.35. The predicted octanol–water partition coefficient (Wildman–Crippen LogP) is 3.52. The number of anilines is 1. The van der Waals surface area contributed by atoms with Crippen LogP contribution >= 0.6 is 11.6 Å². The number of pyridine rings is 1. The van der Waals surface area contributed by atoms with Crippen LogP contribution in [-0.2, 0) is 9.63 Å². The monoisotopic (exact) mass is 440 g/mol. The van der Waals surface area contributed by atoms with Crippen LogP contribution in [0.25, 0.3) is 0 Å². The van der Waals surface area contributed by atoms with Crippen LogP contribution in [0.5, 0.6) is 0 Å². The molecule has 2 aliphatic heterocycles. The summed E-state index contributed by atoms with van der Waals surface area (Å²) < 4.78 is 0. The second kappa shape index (κ2) is 8.40. The van der Waals surface area contributed by atoms with Gasteiger partial charge in [0.15, 0.2) is 11.3 Å². The Hall–Kier alpha value is -2.77. The van der Waals surface area contributed by atoms with E-state index in [4.69, 9.17) is 16.4 Å². The molecule has 0 saturated carbocycles. The molecule has 1 N–H and O–H groups in total. The van der Waals surface area contributed by atoms with Crippen molar-refractivity contribution < 1.29 is 14.4 Å². The van der Waals surface area contributed by atoms with E-state index in [1.807, 2.05) is 13.0 Å². The van der Waals surface area contributed by atoms with Crippen LogP contribution in [0.4, 0.5) is 5.82 Å². The molecule has 1 amide bonds. The zero-order valence-electron chi connectivity index (χ0n) is 17.8. The van der Waals surface area contributed by atoms with Gasteiger partial charge in [-0.25, -0.2) is 4.98 Å². The van der Waals surface area contributed by atoms with E-state index in [1.54, 1.807) is 49.2 Å². The average Bonchev–Trinajstić information content (AvgIpc) is 3.03. The Morgan fingerprint density at radius 2 is 2.03 bits per heavy atom. The molecule has 1 aromatic heterocycles. The van der Waals surface area contributed by atoms with Gasteiger partial charge in [0.2, 0.25) is 5.78 Å². The Morgan fingerprint density at radius 1 is 1.29 bits per heavy atom. The number of hydrogen-bond acceptors (Lipinski definition) is 6. The van der Waals surface area contributed by atoms with Crippen LogP contribution in [0.1, 0.15) is 48.2 Å². The third-order valence-corrected chi connectivity index (χ3v) is 5.84. The molecule has 0 bridgehead atoms. The first-order valence-electron chi connectivity index (χ1n) is 10.4. The summed E-state index contributed by atoms with van der Waals surface area (Å²) >= 11 is 6.09. The zero-order valence-corrected chi connectivity index (χ0v) is 18.6. The number of aryl methyl sites for hydroxylation is 1. The molecular formula is C23H25ClN4O3. The Morgan fingerprint density at radius 3 is 2.61 bits per heavy atom. The van der Waals surface area contributed by atoms with Crippen LogP contribution in [0.15, 0.2) is 41.7 Å². The molecule has 0 spiro atoms. The fraction of sp³-hybridized carbons (Fsp3) is 0.391. The van der Waals surface area contributed by atoms with E-state index in [9.17, 15) is 9.59 Å². The first-order chi connectivity index (χ1) is 14.8. The van der Waals surface area contributed by atoms with Crippen molar-refractivity contribution in [2.45, 2.75) is 45.3 Å². The van der Waals surface area contributed by atoms with E-state index in [0.29, 0.717) is 28.5 Å². The van der Waals surface area contributed by atoms with E-state index in [1.165, 1.54) is 0 Å². The molecule has 3 heterocycles. The van der Waals surface area contributed by atoms with Gasteiger partial charge in [-0.15, -0.1) is 0 Å². The molecule has 0 aliphatic carbocycles. The lowest BCUT2D eigenvalue weighted by atomic mass is 9.95. The number of oxime groups is 1. The number of ketones is 1. The lowest BCUT2D eigenvalue weighted by molar-refractivity contribution is -0.128. The molecule has 1 saturated heterocycles. The fourth-order valence-electron chi connectivity index (χ4n) is 3.90. The normalized spacial score (nSPS) is 20.2. The number of halogens is 1. The number of Topliss-reactive ketones (excluding diaryl/α,β-unsaturated/α-hetero) is 1. The number of hydrogen-bond donors (Lipinski definition) is 1. The smallest absolute Gasteiger partial charge is 0.259 e. The van der Waals surface area contributed by atoms with Crippen molar-refractivity contribution in [1.82, 2.24) is 10.3 Å². The van der Waals surface area contributed by atoms with Gasteiger partial charge in [-0.1, -0.05) is 28.9 Å². The number of aromatic nitrogens is 1. The molecule has 1 unspecified atom stereocenters. The highest BCUT2D eigenvalue weighted by molar-refractivity contribution is 6.49. The molecule has 1 atom stereocenters. The van der Waals surface area contributed by atoms with Crippen molar-refractivity contribution in [3.8, 4) is 0 Å². The molecule has 8 heteroatoms. The van der Waals surface area contributed by atoms with Gasteiger partial charge in [0.25, 0.3) is 5.91 Å². The van der Waals surface area contributed by atoms with E-state index >= 15 is 0 Å². The van der Waals surface area contributed by atoms with Crippen molar-refractivity contribution in [3.63, 3.8) is 0 Å². The number of amides is 1. The minimum absolute atomic E-state index is 0.0108. The van der Waals surface area contributed by atoms with Crippen LogP contribution in [-0.4, -0.2) is 47.1 Å². The number of carbonyl (C=O) groups is 2. The third-order valence-electron chi connectivity index (χ3n) is 5.63. The SMILES string of the molecule is Cc1cc(Cl)cnc1N(C(=O)c1ccc(C2=NOC(C)(C)C2=O)cc1)C1CCCNC1. The van der Waals surface area contributed by atoms with Crippen molar-refractivity contribution in [1.29, 1.82) is 0 Å². The highest BCUT2D eigenvalue weighted by atomic mass is 35.5. The minimum Gasteiger partial charge on any atom is -0.381 e. The van der Waals surface area contributed by atoms with Gasteiger partial charge < -0.3 is 10.2 Å². The molecule has 7 nitrogen and oxygen atoms in total. The van der Waals surface area contributed by atoms with Crippen LogP contribution in [0.3, 0.4) is 0 Å². The third kappa shape index (κ3) is 4.20. The van der Waals surface area contributed by atoms with Crippen LogP contribution in [0, 0.1) is 6.92 Å². The maximum absolute atomic E-state index is 13.6. The standard InChI is InChI=1S/C23H25ClN4O3/c1-14-11-17(24)12-26-21(14)28(18-5-4-10-25-13-18)22(30)16-8-6-15(7-9-16)19-20(29)23(2,3)31-27-19/h6-9,11-12,18,25H,4-5,10,13H2,1-3H3. The summed E-state index contributed by atoms with van der Waals surface area (Å²) in [6.45, 7) is 6.90. The van der Waals surface area contributed by atoms with Crippen molar-refractivity contribution >= 4 is 34.8 Å². The number of rotatable bonds is 4. The number of piperidine rings is 1. The second-order valence-electron chi connectivity index (χ2n) is 8.42.